The van der Waals surface area contributed by atoms with Gasteiger partial charge in [-0.15, -0.1) is 0 Å². The summed E-state index contributed by atoms with van der Waals surface area (Å²) in [5, 5.41) is 0. The molecule has 4 nitrogen and oxygen atoms in total. The van der Waals surface area contributed by atoms with E-state index in [0.29, 0.717) is 16.9 Å². The molecule has 0 bridgehead atoms. The average Bonchev–Trinajstić information content (AvgIpc) is 2.26. The number of hydrogen-bond donors (Lipinski definition) is 0. The number of carbonyl (C=O) groups is 1. The highest BCUT2D eigenvalue weighted by Gasteiger charge is 2.27. The lowest BCUT2D eigenvalue weighted by Crippen LogP contribution is -2.18. The Morgan fingerprint density at radius 2 is 1.93 bits per heavy atom. The molecule has 74 valence electrons. The molecule has 0 fully saturated rings. The normalized spacial score (nSPS) is 15.3. The van der Waals surface area contributed by atoms with E-state index >= 15 is 0 Å². The number of nitroso groups, excluding NO2 is 1. The van der Waals surface area contributed by atoms with Gasteiger partial charge < -0.3 is 0 Å². The van der Waals surface area contributed by atoms with Crippen molar-refractivity contribution >= 4 is 12.2 Å². The van der Waals surface area contributed by atoms with Crippen molar-refractivity contribution in [1.82, 2.24) is 0 Å². The lowest BCUT2D eigenvalue weighted by Gasteiger charge is -2.00. The van der Waals surface area contributed by atoms with Crippen LogP contribution in [0.5, 0.6) is 0 Å². The minimum Gasteiger partial charge on any atom is -0.190 e. The van der Waals surface area contributed by atoms with Crippen molar-refractivity contribution in [1.29, 1.82) is 0 Å². The molecule has 4 heteroatoms. The molecule has 1 aromatic rings. The first kappa shape index (κ1) is 9.45. The molecule has 0 N–H and O–H groups in total. The Bertz CT molecular complexity index is 461. The summed E-state index contributed by atoms with van der Waals surface area (Å²) >= 11 is 0. The van der Waals surface area contributed by atoms with Crippen molar-refractivity contribution in [3.8, 4) is 0 Å². The van der Waals surface area contributed by atoms with Crippen molar-refractivity contribution in [3.05, 3.63) is 52.6 Å². The van der Waals surface area contributed by atoms with E-state index in [0.717, 1.165) is 5.56 Å². The molecule has 0 aliphatic carbocycles. The molecule has 0 saturated carbocycles. The van der Waals surface area contributed by atoms with Gasteiger partial charge in [-0.3, -0.25) is 0 Å². The van der Waals surface area contributed by atoms with Crippen molar-refractivity contribution in [2.24, 2.45) is 4.99 Å². The van der Waals surface area contributed by atoms with Crippen molar-refractivity contribution < 1.29 is 9.55 Å². The summed E-state index contributed by atoms with van der Waals surface area (Å²) in [5.74, 6) is 0. The average molecular weight is 201 g/mol. The minimum absolute atomic E-state index is 0.326. The van der Waals surface area contributed by atoms with E-state index in [1.165, 1.54) is 6.21 Å². The van der Waals surface area contributed by atoms with Gasteiger partial charge in [0.15, 0.2) is 5.70 Å². The summed E-state index contributed by atoms with van der Waals surface area (Å²) in [6.45, 7) is 0. The maximum Gasteiger partial charge on any atom is 0.583 e. The first-order chi connectivity index (χ1) is 7.27. The lowest BCUT2D eigenvalue weighted by molar-refractivity contribution is -0.395. The third-order valence-electron chi connectivity index (χ3n) is 2.11. The van der Waals surface area contributed by atoms with E-state index < -0.39 is 6.03 Å². The third kappa shape index (κ3) is 2.04. The highest BCUT2D eigenvalue weighted by Crippen LogP contribution is 2.11. The molecule has 1 aromatic carbocycles. The molecule has 0 unspecified atom stereocenters. The second kappa shape index (κ2) is 3.96. The molecule has 0 spiro atoms. The van der Waals surface area contributed by atoms with Crippen LogP contribution in [0.1, 0.15) is 5.56 Å². The topological polar surface area (TPSA) is 49.5 Å². The van der Waals surface area contributed by atoms with Crippen LogP contribution in [0.3, 0.4) is 0 Å². The van der Waals surface area contributed by atoms with E-state index in [4.69, 9.17) is 0 Å². The van der Waals surface area contributed by atoms with Crippen LogP contribution < -0.4 is 0 Å². The fraction of sp³-hybridized carbons (Fsp3) is 0.0909. The van der Waals surface area contributed by atoms with Gasteiger partial charge in [0.2, 0.25) is 0 Å². The van der Waals surface area contributed by atoms with Gasteiger partial charge in [0.05, 0.1) is 4.76 Å². The van der Waals surface area contributed by atoms with Gasteiger partial charge in [-0.2, -0.15) is 4.79 Å². The molecule has 0 saturated heterocycles. The number of rotatable bonds is 2. The Morgan fingerprint density at radius 3 is 2.67 bits per heavy atom. The predicted octanol–water partition coefficient (Wildman–Crippen LogP) is 2.10. The van der Waals surface area contributed by atoms with Crippen LogP contribution in [-0.4, -0.2) is 17.0 Å². The molecule has 2 rings (SSSR count). The first-order valence-corrected chi connectivity index (χ1v) is 4.56. The smallest absolute Gasteiger partial charge is 0.190 e. The Labute approximate surface area is 86.5 Å². The zero-order chi connectivity index (χ0) is 10.7. The number of carbonyl (C=O) groups excluding carboxylic acids is 1. The van der Waals surface area contributed by atoms with Gasteiger partial charge in [0, 0.05) is 12.5 Å². The zero-order valence-corrected chi connectivity index (χ0v) is 7.96. The standard InChI is InChI=1S/C11H9N2O2/c14-11-12-7-6-10(13(11)15)8-9-4-2-1-3-5-9/h1-7H,8H2/q+1. The van der Waals surface area contributed by atoms with Crippen LogP contribution in [-0.2, 0) is 6.42 Å². The summed E-state index contributed by atoms with van der Waals surface area (Å²) < 4.78 is 0.326. The molecule has 1 aliphatic heterocycles. The molecular weight excluding hydrogens is 192 g/mol. The highest BCUT2D eigenvalue weighted by molar-refractivity contribution is 5.86. The number of hydrogen-bond acceptors (Lipinski definition) is 2. The van der Waals surface area contributed by atoms with Gasteiger partial charge >= 0.3 is 6.03 Å². The maximum absolute atomic E-state index is 11.3. The van der Waals surface area contributed by atoms with Gasteiger partial charge in [-0.1, -0.05) is 35.2 Å². The summed E-state index contributed by atoms with van der Waals surface area (Å²) in [6.07, 6.45) is 3.36. The fourth-order valence-corrected chi connectivity index (χ4v) is 1.37. The molecule has 1 aliphatic rings. The summed E-state index contributed by atoms with van der Waals surface area (Å²) in [6, 6.07) is 8.74. The van der Waals surface area contributed by atoms with Gasteiger partial charge in [-0.05, 0) is 10.6 Å². The third-order valence-corrected chi connectivity index (χ3v) is 2.11. The summed E-state index contributed by atoms with van der Waals surface area (Å²) in [7, 11) is 0. The second-order valence-electron chi connectivity index (χ2n) is 3.18. The maximum atomic E-state index is 11.3. The Kier molecular flexibility index (Phi) is 2.49. The van der Waals surface area contributed by atoms with Gasteiger partial charge in [0.25, 0.3) is 0 Å². The molecule has 2 amide bonds. The number of allylic oxidation sites excluding steroid dienone is 2. The molecule has 0 aromatic heterocycles. The van der Waals surface area contributed by atoms with Crippen LogP contribution in [0.25, 0.3) is 0 Å². The molecule has 15 heavy (non-hydrogen) atoms. The van der Waals surface area contributed by atoms with E-state index in [2.05, 4.69) is 4.99 Å². The van der Waals surface area contributed by atoms with E-state index in [9.17, 15) is 9.70 Å². The van der Waals surface area contributed by atoms with Crippen LogP contribution in [0.4, 0.5) is 4.79 Å². The van der Waals surface area contributed by atoms with Gasteiger partial charge in [-0.25, -0.2) is 0 Å². The summed E-state index contributed by atoms with van der Waals surface area (Å²) in [5.41, 5.74) is 1.41. The number of urea groups is 1. The Hall–Kier alpha value is -2.10. The van der Waals surface area contributed by atoms with Crippen molar-refractivity contribution in [2.45, 2.75) is 6.42 Å². The number of amides is 2. The van der Waals surface area contributed by atoms with Crippen molar-refractivity contribution in [2.75, 3.05) is 0 Å². The largest absolute Gasteiger partial charge is 0.583 e. The monoisotopic (exact) mass is 201 g/mol. The van der Waals surface area contributed by atoms with E-state index in [1.54, 1.807) is 6.08 Å². The van der Waals surface area contributed by atoms with Crippen LogP contribution in [0.15, 0.2) is 47.1 Å². The first-order valence-electron chi connectivity index (χ1n) is 4.56. The predicted molar refractivity (Wildman–Crippen MR) is 55.7 cm³/mol. The second-order valence-corrected chi connectivity index (χ2v) is 3.18. The Morgan fingerprint density at radius 1 is 1.20 bits per heavy atom. The van der Waals surface area contributed by atoms with E-state index in [-0.39, 0.29) is 0 Å². The number of benzene rings is 1. The number of aliphatic imine (C=N–C) groups is 1. The molecule has 1 heterocycles. The molecule has 0 radical (unpaired) electrons. The van der Waals surface area contributed by atoms with Crippen molar-refractivity contribution in [3.63, 3.8) is 0 Å². The minimum atomic E-state index is -0.761. The molecular formula is C11H9N2O2+. The molecule has 0 atom stereocenters. The quantitative estimate of drug-likeness (QED) is 0.688. The zero-order valence-electron chi connectivity index (χ0n) is 7.96. The van der Waals surface area contributed by atoms with Crippen LogP contribution in [0.2, 0.25) is 0 Å². The Balaban J connectivity index is 2.20. The van der Waals surface area contributed by atoms with Crippen LogP contribution in [0, 0.1) is 4.91 Å². The van der Waals surface area contributed by atoms with Gasteiger partial charge in [0.1, 0.15) is 6.21 Å². The number of nitrogens with zero attached hydrogens (tertiary/aromatic N) is 2. The fourth-order valence-electron chi connectivity index (χ4n) is 1.37. The highest BCUT2D eigenvalue weighted by atomic mass is 16.3. The lowest BCUT2D eigenvalue weighted by atomic mass is 10.1. The summed E-state index contributed by atoms with van der Waals surface area (Å²) in [4.78, 5) is 25.7. The SMILES string of the molecule is O=C1N=CC=C(Cc2ccccc2)[N+]1=O. The van der Waals surface area contributed by atoms with E-state index in [1.807, 2.05) is 30.3 Å². The van der Waals surface area contributed by atoms with Crippen LogP contribution >= 0.6 is 0 Å².